The molecule has 1 atom stereocenters. The quantitative estimate of drug-likeness (QED) is 0.816. The Morgan fingerprint density at radius 2 is 1.86 bits per heavy atom. The summed E-state index contributed by atoms with van der Waals surface area (Å²) in [7, 11) is 0. The molecule has 0 aromatic heterocycles. The minimum atomic E-state index is -0.420. The zero-order valence-corrected chi connectivity index (χ0v) is 17.3. The van der Waals surface area contributed by atoms with Crippen LogP contribution in [0.1, 0.15) is 43.7 Å². The molecule has 0 bridgehead atoms. The van der Waals surface area contributed by atoms with Crippen molar-refractivity contribution >= 4 is 5.91 Å². The van der Waals surface area contributed by atoms with Crippen LogP contribution in [0.2, 0.25) is 0 Å². The Bertz CT molecular complexity index is 639. The minimum absolute atomic E-state index is 0.212. The van der Waals surface area contributed by atoms with Gasteiger partial charge in [0.2, 0.25) is 5.91 Å². The Kier molecular flexibility index (Phi) is 6.34. The van der Waals surface area contributed by atoms with Gasteiger partial charge in [-0.2, -0.15) is 0 Å². The predicted octanol–water partition coefficient (Wildman–Crippen LogP) is 2.24. The van der Waals surface area contributed by atoms with Gasteiger partial charge in [0.25, 0.3) is 0 Å². The molecule has 28 heavy (non-hydrogen) atoms. The van der Waals surface area contributed by atoms with E-state index in [2.05, 4.69) is 46.3 Å². The molecule has 2 aliphatic heterocycles. The van der Waals surface area contributed by atoms with Gasteiger partial charge < -0.3 is 15.0 Å². The third kappa shape index (κ3) is 4.12. The normalized spacial score (nSPS) is 25.4. The fraction of sp³-hybridized carbons (Fsp3) is 0.696. The van der Waals surface area contributed by atoms with E-state index in [1.54, 1.807) is 0 Å². The number of piperazine rings is 1. The molecule has 0 saturated carbocycles. The predicted molar refractivity (Wildman–Crippen MR) is 111 cm³/mol. The number of ether oxygens (including phenoxy) is 1. The van der Waals surface area contributed by atoms with Gasteiger partial charge in [-0.3, -0.25) is 9.69 Å². The molecule has 154 valence electrons. The highest BCUT2D eigenvalue weighted by Gasteiger charge is 2.48. The van der Waals surface area contributed by atoms with Crippen molar-refractivity contribution < 1.29 is 9.53 Å². The molecule has 0 unspecified atom stereocenters. The number of fused-ring (bicyclic) bond motifs is 1. The number of hydrogen-bond donors (Lipinski definition) is 1. The summed E-state index contributed by atoms with van der Waals surface area (Å²) < 4.78 is 5.83. The Balaban J connectivity index is 1.43. The lowest BCUT2D eigenvalue weighted by atomic mass is 9.90. The van der Waals surface area contributed by atoms with Crippen LogP contribution in [-0.4, -0.2) is 73.2 Å². The summed E-state index contributed by atoms with van der Waals surface area (Å²) in [5.41, 5.74) is 2.26. The van der Waals surface area contributed by atoms with E-state index in [0.717, 1.165) is 71.6 Å². The van der Waals surface area contributed by atoms with Crippen LogP contribution in [0.4, 0.5) is 0 Å². The van der Waals surface area contributed by atoms with Gasteiger partial charge in [-0.25, -0.2) is 0 Å². The highest BCUT2D eigenvalue weighted by atomic mass is 16.5. The van der Waals surface area contributed by atoms with E-state index >= 15 is 0 Å². The lowest BCUT2D eigenvalue weighted by Gasteiger charge is -2.44. The summed E-state index contributed by atoms with van der Waals surface area (Å²) in [6.45, 7) is 8.96. The Morgan fingerprint density at radius 1 is 1.14 bits per heavy atom. The number of amides is 1. The second kappa shape index (κ2) is 8.93. The van der Waals surface area contributed by atoms with Gasteiger partial charge >= 0.3 is 0 Å². The lowest BCUT2D eigenvalue weighted by Crippen LogP contribution is -2.64. The topological polar surface area (TPSA) is 44.8 Å². The zero-order chi connectivity index (χ0) is 19.4. The molecular formula is C23H35N3O2. The molecule has 1 amide bonds. The van der Waals surface area contributed by atoms with E-state index in [-0.39, 0.29) is 5.91 Å². The summed E-state index contributed by atoms with van der Waals surface area (Å²) >= 11 is 0. The molecule has 5 heteroatoms. The SMILES string of the molecule is CCN1CCN(C2(C(=O)NCC[C@@H]3CCCCO3)Cc3ccccc3C2)CC1. The van der Waals surface area contributed by atoms with E-state index in [1.165, 1.54) is 24.0 Å². The number of hydrogen-bond acceptors (Lipinski definition) is 4. The van der Waals surface area contributed by atoms with Gasteiger partial charge in [0.15, 0.2) is 0 Å². The van der Waals surface area contributed by atoms with Crippen LogP contribution in [0, 0.1) is 0 Å². The molecule has 0 spiro atoms. The van der Waals surface area contributed by atoms with E-state index in [9.17, 15) is 4.79 Å². The highest BCUT2D eigenvalue weighted by Crippen LogP contribution is 2.35. The number of carbonyl (C=O) groups excluding carboxylic acids is 1. The van der Waals surface area contributed by atoms with Crippen LogP contribution in [0.5, 0.6) is 0 Å². The summed E-state index contributed by atoms with van der Waals surface area (Å²) in [4.78, 5) is 18.5. The second-order valence-electron chi connectivity index (χ2n) is 8.61. The maximum Gasteiger partial charge on any atom is 0.241 e. The average Bonchev–Trinajstić information content (AvgIpc) is 3.15. The maximum atomic E-state index is 13.5. The minimum Gasteiger partial charge on any atom is -0.378 e. The van der Waals surface area contributed by atoms with Crippen LogP contribution in [0.3, 0.4) is 0 Å². The monoisotopic (exact) mass is 385 g/mol. The van der Waals surface area contributed by atoms with E-state index in [1.807, 2.05) is 0 Å². The summed E-state index contributed by atoms with van der Waals surface area (Å²) in [5.74, 6) is 0.212. The molecule has 1 aromatic carbocycles. The molecule has 1 N–H and O–H groups in total. The van der Waals surface area contributed by atoms with Crippen molar-refractivity contribution in [1.82, 2.24) is 15.1 Å². The number of benzene rings is 1. The van der Waals surface area contributed by atoms with Crippen LogP contribution in [0.25, 0.3) is 0 Å². The van der Waals surface area contributed by atoms with Crippen molar-refractivity contribution in [2.75, 3.05) is 45.9 Å². The van der Waals surface area contributed by atoms with Crippen LogP contribution in [0.15, 0.2) is 24.3 Å². The first kappa shape index (κ1) is 19.9. The molecular weight excluding hydrogens is 350 g/mol. The first-order chi connectivity index (χ1) is 13.7. The standard InChI is InChI=1S/C23H35N3O2/c1-2-25-12-14-26(15-13-25)23(17-19-7-3-4-8-20(19)18-23)22(27)24-11-10-21-9-5-6-16-28-21/h3-4,7-8,21H,2,5-6,9-18H2,1H3,(H,24,27)/t21-/m0/s1. The highest BCUT2D eigenvalue weighted by molar-refractivity contribution is 5.88. The van der Waals surface area contributed by atoms with E-state index in [4.69, 9.17) is 4.74 Å². The fourth-order valence-electron chi connectivity index (χ4n) is 5.16. The summed E-state index contributed by atoms with van der Waals surface area (Å²) in [6, 6.07) is 8.59. The van der Waals surface area contributed by atoms with Crippen LogP contribution >= 0.6 is 0 Å². The van der Waals surface area contributed by atoms with Gasteiger partial charge in [0.1, 0.15) is 5.54 Å². The average molecular weight is 386 g/mol. The van der Waals surface area contributed by atoms with Gasteiger partial charge in [-0.05, 0) is 43.4 Å². The number of rotatable bonds is 6. The van der Waals surface area contributed by atoms with Gasteiger partial charge in [0, 0.05) is 52.2 Å². The first-order valence-electron chi connectivity index (χ1n) is 11.2. The van der Waals surface area contributed by atoms with Crippen LogP contribution in [-0.2, 0) is 22.4 Å². The molecule has 0 radical (unpaired) electrons. The maximum absolute atomic E-state index is 13.5. The van der Waals surface area contributed by atoms with Crippen molar-refractivity contribution in [2.45, 2.75) is 57.1 Å². The Hall–Kier alpha value is -1.43. The first-order valence-corrected chi connectivity index (χ1v) is 11.2. The zero-order valence-electron chi connectivity index (χ0n) is 17.3. The van der Waals surface area contributed by atoms with Crippen molar-refractivity contribution in [3.05, 3.63) is 35.4 Å². The number of nitrogens with one attached hydrogen (secondary N) is 1. The van der Waals surface area contributed by atoms with Crippen molar-refractivity contribution in [1.29, 1.82) is 0 Å². The molecule has 2 fully saturated rings. The van der Waals surface area contributed by atoms with Crippen molar-refractivity contribution in [2.24, 2.45) is 0 Å². The largest absolute Gasteiger partial charge is 0.378 e. The van der Waals surface area contributed by atoms with Crippen molar-refractivity contribution in [3.8, 4) is 0 Å². The summed E-state index contributed by atoms with van der Waals surface area (Å²) in [6.07, 6.45) is 6.47. The van der Waals surface area contributed by atoms with Crippen molar-refractivity contribution in [3.63, 3.8) is 0 Å². The van der Waals surface area contributed by atoms with Crippen LogP contribution < -0.4 is 5.32 Å². The molecule has 2 heterocycles. The molecule has 4 rings (SSSR count). The fourth-order valence-corrected chi connectivity index (χ4v) is 5.16. The van der Waals surface area contributed by atoms with Gasteiger partial charge in [0.05, 0.1) is 6.10 Å². The van der Waals surface area contributed by atoms with E-state index < -0.39 is 5.54 Å². The Morgan fingerprint density at radius 3 is 2.46 bits per heavy atom. The lowest BCUT2D eigenvalue weighted by molar-refractivity contribution is -0.134. The summed E-state index contributed by atoms with van der Waals surface area (Å²) in [5, 5.41) is 3.30. The van der Waals surface area contributed by atoms with E-state index in [0.29, 0.717) is 6.10 Å². The second-order valence-corrected chi connectivity index (χ2v) is 8.61. The number of nitrogens with zero attached hydrogens (tertiary/aromatic N) is 2. The molecule has 5 nitrogen and oxygen atoms in total. The van der Waals surface area contributed by atoms with Gasteiger partial charge in [-0.1, -0.05) is 31.2 Å². The third-order valence-electron chi connectivity index (χ3n) is 6.96. The molecule has 1 aromatic rings. The number of carbonyl (C=O) groups is 1. The Labute approximate surface area is 169 Å². The molecule has 1 aliphatic carbocycles. The number of likely N-dealkylation sites (N-methyl/N-ethyl adjacent to an activating group) is 1. The smallest absolute Gasteiger partial charge is 0.241 e. The molecule has 3 aliphatic rings. The third-order valence-corrected chi connectivity index (χ3v) is 6.96. The molecule has 2 saturated heterocycles. The van der Waals surface area contributed by atoms with Gasteiger partial charge in [-0.15, -0.1) is 0 Å².